The molecule has 4 rings (SSSR count). The van der Waals surface area contributed by atoms with Crippen LogP contribution in [0.2, 0.25) is 0 Å². The van der Waals surface area contributed by atoms with E-state index in [0.717, 1.165) is 30.0 Å². The predicted molar refractivity (Wildman–Crippen MR) is 101 cm³/mol. The summed E-state index contributed by atoms with van der Waals surface area (Å²) >= 11 is 0. The summed E-state index contributed by atoms with van der Waals surface area (Å²) < 4.78 is 10.7. The number of pyridine rings is 1. The fourth-order valence-corrected chi connectivity index (χ4v) is 2.73. The van der Waals surface area contributed by atoms with E-state index in [9.17, 15) is 0 Å². The molecule has 0 saturated carbocycles. The van der Waals surface area contributed by atoms with Crippen LogP contribution >= 0.6 is 0 Å². The smallest absolute Gasteiger partial charge is 0.247 e. The molecule has 0 bridgehead atoms. The van der Waals surface area contributed by atoms with Gasteiger partial charge in [0.1, 0.15) is 0 Å². The molecule has 0 fully saturated rings. The van der Waals surface area contributed by atoms with Crippen LogP contribution in [-0.2, 0) is 13.0 Å². The number of aromatic nitrogens is 4. The van der Waals surface area contributed by atoms with Gasteiger partial charge in [-0.3, -0.25) is 4.98 Å². The monoisotopic (exact) mass is 364 g/mol. The molecule has 0 saturated heterocycles. The maximum Gasteiger partial charge on any atom is 0.247 e. The number of nitrogens with zero attached hydrogens (tertiary/aromatic N) is 5. The van der Waals surface area contributed by atoms with Crippen molar-refractivity contribution in [3.63, 3.8) is 0 Å². The Balaban J connectivity index is 1.35. The second-order valence-corrected chi connectivity index (χ2v) is 6.21. The Morgan fingerprint density at radius 3 is 2.81 bits per heavy atom. The van der Waals surface area contributed by atoms with Gasteiger partial charge in [0, 0.05) is 32.5 Å². The van der Waals surface area contributed by atoms with Gasteiger partial charge in [0.2, 0.25) is 12.7 Å². The first-order valence-electron chi connectivity index (χ1n) is 8.70. The standard InChI is InChI=1S/C19H20N6O2/c1-25(9-6-14-4-7-20-8-5-14)19-23-18(12-22-24-19)21-11-15-2-3-16-17(10-15)27-13-26-16/h2-5,7-8,10,12H,6,9,11,13H2,1H3,(H,21,23,24). The highest BCUT2D eigenvalue weighted by Crippen LogP contribution is 2.32. The second-order valence-electron chi connectivity index (χ2n) is 6.21. The Morgan fingerprint density at radius 1 is 1.07 bits per heavy atom. The third-order valence-corrected chi connectivity index (χ3v) is 4.28. The molecular weight excluding hydrogens is 344 g/mol. The van der Waals surface area contributed by atoms with Crippen molar-refractivity contribution in [1.29, 1.82) is 0 Å². The average molecular weight is 364 g/mol. The van der Waals surface area contributed by atoms with Gasteiger partial charge in [-0.05, 0) is 41.8 Å². The molecule has 8 heteroatoms. The lowest BCUT2D eigenvalue weighted by atomic mass is 10.2. The Kier molecular flexibility index (Phi) is 4.95. The molecule has 0 aliphatic carbocycles. The van der Waals surface area contributed by atoms with Crippen LogP contribution < -0.4 is 19.7 Å². The number of anilines is 2. The van der Waals surface area contributed by atoms with Crippen LogP contribution in [-0.4, -0.2) is 40.6 Å². The summed E-state index contributed by atoms with van der Waals surface area (Å²) in [6.45, 7) is 1.67. The fourth-order valence-electron chi connectivity index (χ4n) is 2.73. The molecule has 2 aromatic heterocycles. The van der Waals surface area contributed by atoms with Gasteiger partial charge in [-0.2, -0.15) is 10.1 Å². The van der Waals surface area contributed by atoms with E-state index in [1.807, 2.05) is 42.3 Å². The molecule has 1 aliphatic rings. The first-order valence-corrected chi connectivity index (χ1v) is 8.70. The summed E-state index contributed by atoms with van der Waals surface area (Å²) in [4.78, 5) is 10.6. The number of benzene rings is 1. The van der Waals surface area contributed by atoms with Crippen LogP contribution in [0.3, 0.4) is 0 Å². The van der Waals surface area contributed by atoms with E-state index in [0.29, 0.717) is 18.3 Å². The van der Waals surface area contributed by atoms with Gasteiger partial charge in [0.15, 0.2) is 17.3 Å². The second kappa shape index (κ2) is 7.86. The normalized spacial score (nSPS) is 12.0. The van der Waals surface area contributed by atoms with Gasteiger partial charge in [-0.1, -0.05) is 6.07 Å². The van der Waals surface area contributed by atoms with E-state index in [-0.39, 0.29) is 6.79 Å². The zero-order valence-electron chi connectivity index (χ0n) is 15.0. The molecule has 0 radical (unpaired) electrons. The van der Waals surface area contributed by atoms with Crippen molar-refractivity contribution in [3.8, 4) is 11.5 Å². The molecule has 3 heterocycles. The van der Waals surface area contributed by atoms with Crippen molar-refractivity contribution < 1.29 is 9.47 Å². The van der Waals surface area contributed by atoms with E-state index in [1.54, 1.807) is 18.6 Å². The van der Waals surface area contributed by atoms with Crippen LogP contribution in [0.5, 0.6) is 11.5 Å². The highest BCUT2D eigenvalue weighted by Gasteiger charge is 2.13. The molecule has 1 aliphatic heterocycles. The Morgan fingerprint density at radius 2 is 1.93 bits per heavy atom. The van der Waals surface area contributed by atoms with Gasteiger partial charge in [0.25, 0.3) is 0 Å². The van der Waals surface area contributed by atoms with Crippen LogP contribution in [0, 0.1) is 0 Å². The van der Waals surface area contributed by atoms with Crippen LogP contribution in [0.4, 0.5) is 11.8 Å². The third-order valence-electron chi connectivity index (χ3n) is 4.28. The Hall–Kier alpha value is -3.42. The summed E-state index contributed by atoms with van der Waals surface area (Å²) in [5.41, 5.74) is 2.30. The average Bonchev–Trinajstić information content (AvgIpc) is 3.19. The summed E-state index contributed by atoms with van der Waals surface area (Å²) in [5.74, 6) is 2.81. The molecule has 0 amide bonds. The minimum absolute atomic E-state index is 0.275. The van der Waals surface area contributed by atoms with Crippen molar-refractivity contribution in [1.82, 2.24) is 20.2 Å². The van der Waals surface area contributed by atoms with Gasteiger partial charge in [-0.15, -0.1) is 5.10 Å². The summed E-state index contributed by atoms with van der Waals surface area (Å²) in [5, 5.41) is 11.5. The number of nitrogens with one attached hydrogen (secondary N) is 1. The quantitative estimate of drug-likeness (QED) is 0.683. The first-order chi connectivity index (χ1) is 13.3. The molecule has 27 heavy (non-hydrogen) atoms. The molecule has 3 aromatic rings. The molecule has 0 unspecified atom stereocenters. The molecule has 8 nitrogen and oxygen atoms in total. The minimum atomic E-state index is 0.275. The van der Waals surface area contributed by atoms with Gasteiger partial charge >= 0.3 is 0 Å². The predicted octanol–water partition coefficient (Wildman–Crippen LogP) is 2.29. The largest absolute Gasteiger partial charge is 0.454 e. The topological polar surface area (TPSA) is 85.3 Å². The van der Waals surface area contributed by atoms with Crippen LogP contribution in [0.15, 0.2) is 48.9 Å². The molecular formula is C19H20N6O2. The number of likely N-dealkylation sites (N-methyl/N-ethyl adjacent to an activating group) is 1. The van der Waals surface area contributed by atoms with Crippen molar-refractivity contribution >= 4 is 11.8 Å². The number of hydrogen-bond donors (Lipinski definition) is 1. The zero-order valence-corrected chi connectivity index (χ0v) is 15.0. The van der Waals surface area contributed by atoms with Crippen molar-refractivity contribution in [2.24, 2.45) is 0 Å². The SMILES string of the molecule is CN(CCc1ccncc1)c1nncc(NCc2ccc3c(c2)OCO3)n1. The first kappa shape index (κ1) is 17.0. The van der Waals surface area contributed by atoms with E-state index in [2.05, 4.69) is 25.5 Å². The summed E-state index contributed by atoms with van der Waals surface area (Å²) in [6, 6.07) is 9.89. The fraction of sp³-hybridized carbons (Fsp3) is 0.263. The van der Waals surface area contributed by atoms with Gasteiger partial charge < -0.3 is 19.7 Å². The number of ether oxygens (including phenoxy) is 2. The van der Waals surface area contributed by atoms with Crippen molar-refractivity contribution in [2.45, 2.75) is 13.0 Å². The summed E-state index contributed by atoms with van der Waals surface area (Å²) in [7, 11) is 1.96. The number of fused-ring (bicyclic) bond motifs is 1. The lowest BCUT2D eigenvalue weighted by Crippen LogP contribution is -2.23. The maximum absolute atomic E-state index is 5.41. The molecule has 0 spiro atoms. The van der Waals surface area contributed by atoms with E-state index in [4.69, 9.17) is 9.47 Å². The third kappa shape index (κ3) is 4.22. The van der Waals surface area contributed by atoms with Crippen LogP contribution in [0.25, 0.3) is 0 Å². The molecule has 1 N–H and O–H groups in total. The Labute approximate surface area is 157 Å². The molecule has 1 aromatic carbocycles. The highest BCUT2D eigenvalue weighted by atomic mass is 16.7. The van der Waals surface area contributed by atoms with Gasteiger partial charge in [0.05, 0.1) is 6.20 Å². The summed E-state index contributed by atoms with van der Waals surface area (Å²) in [6.07, 6.45) is 6.10. The zero-order chi connectivity index (χ0) is 18.5. The van der Waals surface area contributed by atoms with E-state index in [1.165, 1.54) is 5.56 Å². The Bertz CT molecular complexity index is 906. The van der Waals surface area contributed by atoms with Crippen LogP contribution in [0.1, 0.15) is 11.1 Å². The molecule has 138 valence electrons. The van der Waals surface area contributed by atoms with E-state index >= 15 is 0 Å². The molecule has 0 atom stereocenters. The maximum atomic E-state index is 5.41. The van der Waals surface area contributed by atoms with Crippen molar-refractivity contribution in [3.05, 3.63) is 60.0 Å². The lowest BCUT2D eigenvalue weighted by molar-refractivity contribution is 0.174. The lowest BCUT2D eigenvalue weighted by Gasteiger charge is -2.17. The minimum Gasteiger partial charge on any atom is -0.454 e. The van der Waals surface area contributed by atoms with Gasteiger partial charge in [-0.25, -0.2) is 0 Å². The highest BCUT2D eigenvalue weighted by molar-refractivity contribution is 5.46. The van der Waals surface area contributed by atoms with Crippen molar-refractivity contribution in [2.75, 3.05) is 30.6 Å². The van der Waals surface area contributed by atoms with E-state index < -0.39 is 0 Å². The number of hydrogen-bond acceptors (Lipinski definition) is 8. The number of rotatable bonds is 7.